The summed E-state index contributed by atoms with van der Waals surface area (Å²) < 4.78 is 37.3. The molecule has 4 heteroatoms. The second-order valence-electron chi connectivity index (χ2n) is 4.31. The molecule has 0 radical (unpaired) electrons. The van der Waals surface area contributed by atoms with Crippen LogP contribution in [0.2, 0.25) is 0 Å². The van der Waals surface area contributed by atoms with Gasteiger partial charge in [0.2, 0.25) is 0 Å². The van der Waals surface area contributed by atoms with Crippen molar-refractivity contribution in [1.29, 1.82) is 0 Å². The lowest BCUT2D eigenvalue weighted by Crippen LogP contribution is -2.04. The number of benzene rings is 2. The molecule has 0 fully saturated rings. The third-order valence-corrected chi connectivity index (χ3v) is 2.93. The fraction of sp³-hybridized carbons (Fsp3) is 0.200. The average molecular weight is 265 g/mol. The molecule has 2 N–H and O–H groups in total. The first-order chi connectivity index (χ1) is 9.00. The van der Waals surface area contributed by atoms with E-state index in [-0.39, 0.29) is 0 Å². The Morgan fingerprint density at radius 1 is 0.789 bits per heavy atom. The highest BCUT2D eigenvalue weighted by atomic mass is 19.4. The summed E-state index contributed by atoms with van der Waals surface area (Å²) in [5.41, 5.74) is 7.62. The molecule has 0 aromatic heterocycles. The summed E-state index contributed by atoms with van der Waals surface area (Å²) in [5, 5.41) is 0. The smallest absolute Gasteiger partial charge is 0.330 e. The van der Waals surface area contributed by atoms with Gasteiger partial charge in [-0.1, -0.05) is 36.4 Å². The molecule has 100 valence electrons. The predicted molar refractivity (Wildman–Crippen MR) is 69.6 cm³/mol. The first-order valence-corrected chi connectivity index (χ1v) is 5.97. The van der Waals surface area contributed by atoms with Crippen LogP contribution in [-0.4, -0.2) is 6.54 Å². The van der Waals surface area contributed by atoms with Crippen molar-refractivity contribution >= 4 is 0 Å². The topological polar surface area (TPSA) is 26.0 Å². The van der Waals surface area contributed by atoms with E-state index in [9.17, 15) is 13.2 Å². The van der Waals surface area contributed by atoms with E-state index < -0.39 is 11.7 Å². The van der Waals surface area contributed by atoms with Crippen LogP contribution in [0.3, 0.4) is 0 Å². The van der Waals surface area contributed by atoms with Crippen LogP contribution in [0.25, 0.3) is 11.1 Å². The molecule has 0 unspecified atom stereocenters. The zero-order chi connectivity index (χ0) is 13.9. The van der Waals surface area contributed by atoms with Crippen molar-refractivity contribution in [3.63, 3.8) is 0 Å². The quantitative estimate of drug-likeness (QED) is 0.895. The molecule has 0 heterocycles. The lowest BCUT2D eigenvalue weighted by molar-refractivity contribution is -0.137. The van der Waals surface area contributed by atoms with E-state index in [2.05, 4.69) is 0 Å². The van der Waals surface area contributed by atoms with Crippen molar-refractivity contribution in [1.82, 2.24) is 0 Å². The van der Waals surface area contributed by atoms with Gasteiger partial charge in [0, 0.05) is 0 Å². The van der Waals surface area contributed by atoms with Crippen LogP contribution in [0.15, 0.2) is 48.5 Å². The van der Waals surface area contributed by atoms with E-state index in [1.807, 2.05) is 24.3 Å². The molecule has 2 rings (SSSR count). The Hall–Kier alpha value is -1.81. The fourth-order valence-electron chi connectivity index (χ4n) is 1.88. The Balaban J connectivity index is 2.22. The van der Waals surface area contributed by atoms with Gasteiger partial charge in [-0.05, 0) is 41.8 Å². The molecule has 0 atom stereocenters. The van der Waals surface area contributed by atoms with Crippen LogP contribution in [0.5, 0.6) is 0 Å². The Bertz CT molecular complexity index is 527. The van der Waals surface area contributed by atoms with E-state index in [0.29, 0.717) is 6.54 Å². The molecule has 2 aromatic rings. The van der Waals surface area contributed by atoms with Crippen molar-refractivity contribution in [3.8, 4) is 11.1 Å². The number of hydrogen-bond donors (Lipinski definition) is 1. The predicted octanol–water partition coefficient (Wildman–Crippen LogP) is 3.87. The monoisotopic (exact) mass is 265 g/mol. The molecular formula is C15H14F3N. The van der Waals surface area contributed by atoms with Gasteiger partial charge in [0.25, 0.3) is 0 Å². The lowest BCUT2D eigenvalue weighted by Gasteiger charge is -2.08. The largest absolute Gasteiger partial charge is 0.416 e. The van der Waals surface area contributed by atoms with E-state index in [1.54, 1.807) is 0 Å². The van der Waals surface area contributed by atoms with Crippen LogP contribution in [0.4, 0.5) is 13.2 Å². The first kappa shape index (κ1) is 13.6. The summed E-state index contributed by atoms with van der Waals surface area (Å²) in [4.78, 5) is 0. The number of alkyl halides is 3. The first-order valence-electron chi connectivity index (χ1n) is 5.97. The number of rotatable bonds is 3. The van der Waals surface area contributed by atoms with Gasteiger partial charge >= 0.3 is 6.18 Å². The maximum atomic E-state index is 12.4. The van der Waals surface area contributed by atoms with Gasteiger partial charge in [-0.15, -0.1) is 0 Å². The Kier molecular flexibility index (Phi) is 3.90. The van der Waals surface area contributed by atoms with Crippen LogP contribution in [0.1, 0.15) is 11.1 Å². The van der Waals surface area contributed by atoms with Gasteiger partial charge in [-0.25, -0.2) is 0 Å². The van der Waals surface area contributed by atoms with E-state index in [4.69, 9.17) is 5.73 Å². The van der Waals surface area contributed by atoms with Crippen molar-refractivity contribution in [3.05, 3.63) is 59.7 Å². The van der Waals surface area contributed by atoms with Gasteiger partial charge in [0.05, 0.1) is 5.56 Å². The minimum absolute atomic E-state index is 0.583. The summed E-state index contributed by atoms with van der Waals surface area (Å²) in [6.07, 6.45) is -3.49. The normalized spacial score (nSPS) is 11.6. The molecule has 0 aliphatic rings. The maximum absolute atomic E-state index is 12.4. The molecule has 0 spiro atoms. The second-order valence-corrected chi connectivity index (χ2v) is 4.31. The molecule has 0 bridgehead atoms. The van der Waals surface area contributed by atoms with Crippen molar-refractivity contribution in [2.45, 2.75) is 12.6 Å². The van der Waals surface area contributed by atoms with Crippen molar-refractivity contribution < 1.29 is 13.2 Å². The van der Waals surface area contributed by atoms with E-state index >= 15 is 0 Å². The molecule has 19 heavy (non-hydrogen) atoms. The zero-order valence-corrected chi connectivity index (χ0v) is 10.2. The Morgan fingerprint density at radius 2 is 1.26 bits per heavy atom. The average Bonchev–Trinajstić information content (AvgIpc) is 2.39. The van der Waals surface area contributed by atoms with Crippen LogP contribution >= 0.6 is 0 Å². The maximum Gasteiger partial charge on any atom is 0.416 e. The number of hydrogen-bond acceptors (Lipinski definition) is 1. The molecule has 0 aliphatic heterocycles. The minimum Gasteiger partial charge on any atom is -0.330 e. The number of nitrogens with two attached hydrogens (primary N) is 1. The molecule has 0 saturated carbocycles. The third kappa shape index (κ3) is 3.35. The standard InChI is InChI=1S/C15H14F3N/c16-15(17,18)14-7-5-13(6-8-14)12-3-1-11(2-4-12)9-10-19/h1-8H,9-10,19H2. The van der Waals surface area contributed by atoms with Crippen LogP contribution in [0, 0.1) is 0 Å². The summed E-state index contributed by atoms with van der Waals surface area (Å²) in [6.45, 7) is 0.583. The Labute approximate surface area is 109 Å². The summed E-state index contributed by atoms with van der Waals surface area (Å²) in [7, 11) is 0. The van der Waals surface area contributed by atoms with Crippen LogP contribution in [-0.2, 0) is 12.6 Å². The van der Waals surface area contributed by atoms with Gasteiger partial charge < -0.3 is 5.73 Å². The lowest BCUT2D eigenvalue weighted by atomic mass is 10.0. The van der Waals surface area contributed by atoms with E-state index in [1.165, 1.54) is 12.1 Å². The summed E-state index contributed by atoms with van der Waals surface area (Å²) in [6, 6.07) is 12.9. The molecule has 0 amide bonds. The Morgan fingerprint density at radius 3 is 1.68 bits per heavy atom. The second kappa shape index (κ2) is 5.45. The minimum atomic E-state index is -4.29. The highest BCUT2D eigenvalue weighted by molar-refractivity contribution is 5.64. The van der Waals surface area contributed by atoms with E-state index in [0.717, 1.165) is 35.2 Å². The molecule has 2 aromatic carbocycles. The molecular weight excluding hydrogens is 251 g/mol. The highest BCUT2D eigenvalue weighted by Gasteiger charge is 2.29. The molecule has 0 saturated heterocycles. The van der Waals surface area contributed by atoms with Crippen molar-refractivity contribution in [2.75, 3.05) is 6.54 Å². The van der Waals surface area contributed by atoms with Crippen molar-refractivity contribution in [2.24, 2.45) is 5.73 Å². The van der Waals surface area contributed by atoms with Crippen LogP contribution < -0.4 is 5.73 Å². The zero-order valence-electron chi connectivity index (χ0n) is 10.2. The SMILES string of the molecule is NCCc1ccc(-c2ccc(C(F)(F)F)cc2)cc1. The summed E-state index contributed by atoms with van der Waals surface area (Å²) >= 11 is 0. The number of halogens is 3. The fourth-order valence-corrected chi connectivity index (χ4v) is 1.88. The summed E-state index contributed by atoms with van der Waals surface area (Å²) in [5.74, 6) is 0. The van der Waals surface area contributed by atoms with Gasteiger partial charge in [0.1, 0.15) is 0 Å². The van der Waals surface area contributed by atoms with Gasteiger partial charge in [-0.3, -0.25) is 0 Å². The van der Waals surface area contributed by atoms with Gasteiger partial charge in [0.15, 0.2) is 0 Å². The molecule has 0 aliphatic carbocycles. The molecule has 1 nitrogen and oxygen atoms in total. The van der Waals surface area contributed by atoms with Gasteiger partial charge in [-0.2, -0.15) is 13.2 Å². The third-order valence-electron chi connectivity index (χ3n) is 2.93. The highest BCUT2D eigenvalue weighted by Crippen LogP contribution is 2.30.